The summed E-state index contributed by atoms with van der Waals surface area (Å²) < 4.78 is 23.6. The van der Waals surface area contributed by atoms with E-state index in [-0.39, 0.29) is 3.70 Å². The van der Waals surface area contributed by atoms with Gasteiger partial charge in [0.05, 0.1) is 0 Å². The molecule has 0 atom stereocenters. The van der Waals surface area contributed by atoms with Crippen LogP contribution in [-0.4, -0.2) is 4.98 Å². The number of aromatic nitrogens is 1. The Labute approximate surface area is 54.0 Å². The van der Waals surface area contributed by atoms with E-state index in [1.165, 1.54) is 12.3 Å². The van der Waals surface area contributed by atoms with Gasteiger partial charge in [0.1, 0.15) is 0 Å². The summed E-state index contributed by atoms with van der Waals surface area (Å²) in [7, 11) is 0. The van der Waals surface area contributed by atoms with Gasteiger partial charge in [0.15, 0.2) is 0 Å². The fourth-order valence-corrected chi connectivity index (χ4v) is 1.29. The maximum absolute atomic E-state index is 11.7. The zero-order chi connectivity index (χ0) is 5.98. The number of H-pyrrole nitrogens is 1. The second-order valence-electron chi connectivity index (χ2n) is 1.21. The Morgan fingerprint density at radius 2 is 2.25 bits per heavy atom. The summed E-state index contributed by atoms with van der Waals surface area (Å²) in [4.78, 5) is 2.46. The van der Waals surface area contributed by atoms with E-state index in [2.05, 4.69) is 4.98 Å². The minimum atomic E-state index is -3.68. The van der Waals surface area contributed by atoms with E-state index in [0.717, 1.165) is 0 Å². The molecule has 1 aromatic heterocycles. The van der Waals surface area contributed by atoms with Gasteiger partial charge in [-0.2, -0.15) is 0 Å². The van der Waals surface area contributed by atoms with Crippen LogP contribution >= 0.6 is 21.0 Å². The summed E-state index contributed by atoms with van der Waals surface area (Å²) in [6.07, 6.45) is 1.51. The molecule has 0 bridgehead atoms. The monoisotopic (exact) mass is 231 g/mol. The van der Waals surface area contributed by atoms with Crippen LogP contribution in [0.4, 0.5) is 5.72 Å². The van der Waals surface area contributed by atoms with Crippen LogP contribution in [0.15, 0.2) is 18.3 Å². The molecule has 8 heavy (non-hydrogen) atoms. The molecule has 0 spiro atoms. The second-order valence-corrected chi connectivity index (χ2v) is 3.50. The van der Waals surface area contributed by atoms with E-state index in [1.54, 1.807) is 6.07 Å². The SMILES string of the molecule is FI(F)c1ccc[nH]1. The molecule has 1 nitrogen and oxygen atoms in total. The Morgan fingerprint density at radius 1 is 1.50 bits per heavy atom. The third kappa shape index (κ3) is 1.18. The summed E-state index contributed by atoms with van der Waals surface area (Å²) in [6, 6.07) is 3.00. The van der Waals surface area contributed by atoms with Gasteiger partial charge in [0.2, 0.25) is 0 Å². The number of hydrogen-bond donors (Lipinski definition) is 1. The molecule has 0 saturated carbocycles. The molecule has 0 aliphatic carbocycles. The predicted octanol–water partition coefficient (Wildman–Crippen LogP) is 2.46. The number of aromatic amines is 1. The third-order valence-electron chi connectivity index (χ3n) is 0.714. The number of rotatable bonds is 1. The molecule has 0 aliphatic heterocycles. The van der Waals surface area contributed by atoms with Crippen molar-refractivity contribution in [1.82, 2.24) is 4.98 Å². The van der Waals surface area contributed by atoms with E-state index >= 15 is 0 Å². The Kier molecular flexibility index (Phi) is 1.82. The zero-order valence-corrected chi connectivity index (χ0v) is 6.02. The Balaban J connectivity index is 2.77. The van der Waals surface area contributed by atoms with E-state index in [9.17, 15) is 5.72 Å². The van der Waals surface area contributed by atoms with Gasteiger partial charge >= 0.3 is 53.7 Å². The fourth-order valence-electron chi connectivity index (χ4n) is 0.397. The van der Waals surface area contributed by atoms with Gasteiger partial charge in [-0.25, -0.2) is 0 Å². The molecule has 1 N–H and O–H groups in total. The van der Waals surface area contributed by atoms with Gasteiger partial charge < -0.3 is 0 Å². The first-order chi connectivity index (χ1) is 3.80. The number of hydrogen-bond acceptors (Lipinski definition) is 0. The van der Waals surface area contributed by atoms with Crippen LogP contribution in [0.3, 0.4) is 0 Å². The molecule has 0 amide bonds. The quantitative estimate of drug-likeness (QED) is 0.714. The van der Waals surface area contributed by atoms with Gasteiger partial charge in [0.25, 0.3) is 0 Å². The molecule has 0 saturated heterocycles. The molecular formula is C4H4F2IN. The Morgan fingerprint density at radius 3 is 2.50 bits per heavy atom. The number of nitrogens with one attached hydrogen (secondary N) is 1. The van der Waals surface area contributed by atoms with Crippen LogP contribution in [0.5, 0.6) is 0 Å². The van der Waals surface area contributed by atoms with E-state index in [1.807, 2.05) is 0 Å². The van der Waals surface area contributed by atoms with E-state index in [0.29, 0.717) is 0 Å². The Bertz CT molecular complexity index is 149. The first-order valence-corrected chi connectivity index (χ1v) is 4.68. The maximum atomic E-state index is 11.7. The zero-order valence-electron chi connectivity index (χ0n) is 3.87. The van der Waals surface area contributed by atoms with Crippen molar-refractivity contribution in [2.24, 2.45) is 0 Å². The van der Waals surface area contributed by atoms with Crippen molar-refractivity contribution in [1.29, 1.82) is 0 Å². The van der Waals surface area contributed by atoms with Crippen molar-refractivity contribution < 1.29 is 5.72 Å². The predicted molar refractivity (Wildman–Crippen MR) is 35.7 cm³/mol. The Hall–Kier alpha value is -0.130. The van der Waals surface area contributed by atoms with Crippen molar-refractivity contribution in [3.8, 4) is 0 Å². The molecule has 0 unspecified atom stereocenters. The number of halogens is 3. The van der Waals surface area contributed by atoms with Crippen LogP contribution < -0.4 is 0 Å². The van der Waals surface area contributed by atoms with Crippen molar-refractivity contribution >= 4 is 21.0 Å². The summed E-state index contributed by atoms with van der Waals surface area (Å²) in [5, 5.41) is 0. The molecule has 1 heterocycles. The molecule has 0 aliphatic rings. The molecule has 0 radical (unpaired) electrons. The molecule has 4 heteroatoms. The molecular weight excluding hydrogens is 227 g/mol. The van der Waals surface area contributed by atoms with Gasteiger partial charge in [-0.1, -0.05) is 0 Å². The van der Waals surface area contributed by atoms with E-state index < -0.39 is 21.0 Å². The van der Waals surface area contributed by atoms with Crippen LogP contribution in [0, 0.1) is 3.70 Å². The second kappa shape index (κ2) is 2.43. The minimum absolute atomic E-state index is 0.134. The summed E-state index contributed by atoms with van der Waals surface area (Å²) in [5.41, 5.74) is 0. The molecule has 0 fully saturated rings. The topological polar surface area (TPSA) is 15.8 Å². The first kappa shape index (κ1) is 6.00. The van der Waals surface area contributed by atoms with Crippen LogP contribution in [0.2, 0.25) is 0 Å². The molecule has 0 aromatic carbocycles. The molecule has 46 valence electrons. The summed E-state index contributed by atoms with van der Waals surface area (Å²) in [5.74, 6) is 0. The average Bonchev–Trinajstić information content (AvgIpc) is 2.12. The van der Waals surface area contributed by atoms with Gasteiger partial charge in [-0.3, -0.25) is 0 Å². The van der Waals surface area contributed by atoms with Crippen LogP contribution in [0.25, 0.3) is 0 Å². The van der Waals surface area contributed by atoms with E-state index in [4.69, 9.17) is 0 Å². The van der Waals surface area contributed by atoms with Crippen LogP contribution in [0.1, 0.15) is 0 Å². The standard InChI is InChI=1S/C4H4F2IN/c5-7(6)4-2-1-3-8-4/h1-3,8H. The summed E-state index contributed by atoms with van der Waals surface area (Å²) >= 11 is -3.68. The van der Waals surface area contributed by atoms with Crippen molar-refractivity contribution in [3.05, 3.63) is 22.0 Å². The molecule has 1 rings (SSSR count). The first-order valence-electron chi connectivity index (χ1n) is 1.97. The fraction of sp³-hybridized carbons (Fsp3) is 0. The van der Waals surface area contributed by atoms with Crippen molar-refractivity contribution in [2.75, 3.05) is 0 Å². The molecule has 1 aromatic rings. The van der Waals surface area contributed by atoms with Gasteiger partial charge in [0, 0.05) is 0 Å². The summed E-state index contributed by atoms with van der Waals surface area (Å²) in [6.45, 7) is 0. The van der Waals surface area contributed by atoms with Crippen LogP contribution in [-0.2, 0) is 0 Å². The third-order valence-corrected chi connectivity index (χ3v) is 2.26. The van der Waals surface area contributed by atoms with Gasteiger partial charge in [-0.05, 0) is 0 Å². The van der Waals surface area contributed by atoms with Gasteiger partial charge in [-0.15, -0.1) is 0 Å². The average molecular weight is 231 g/mol. The normalized spacial score (nSPS) is 11.5. The van der Waals surface area contributed by atoms with Crippen molar-refractivity contribution in [2.45, 2.75) is 0 Å². The van der Waals surface area contributed by atoms with Crippen molar-refractivity contribution in [3.63, 3.8) is 0 Å².